The maximum atomic E-state index is 12.2. The van der Waals surface area contributed by atoms with E-state index in [9.17, 15) is 9.59 Å². The van der Waals surface area contributed by atoms with Crippen molar-refractivity contribution < 1.29 is 28.9 Å². The predicted octanol–water partition coefficient (Wildman–Crippen LogP) is 0.677. The lowest BCUT2D eigenvalue weighted by Crippen LogP contribution is -2.41. The number of amides is 1. The van der Waals surface area contributed by atoms with E-state index in [2.05, 4.69) is 5.32 Å². The minimum atomic E-state index is -1.11. The van der Waals surface area contributed by atoms with Gasteiger partial charge in [0.25, 0.3) is 5.91 Å². The fourth-order valence-electron chi connectivity index (χ4n) is 1.98. The molecular weight excluding hydrogens is 278 g/mol. The molecule has 1 unspecified atom stereocenters. The van der Waals surface area contributed by atoms with Crippen molar-refractivity contribution in [2.75, 3.05) is 26.9 Å². The number of ether oxygens (including phenoxy) is 3. The Morgan fingerprint density at radius 1 is 1.38 bits per heavy atom. The number of nitrogens with one attached hydrogen (secondary N) is 1. The molecule has 1 atom stereocenters. The van der Waals surface area contributed by atoms with Crippen LogP contribution in [0.25, 0.3) is 0 Å². The van der Waals surface area contributed by atoms with Gasteiger partial charge in [0.15, 0.2) is 11.5 Å². The van der Waals surface area contributed by atoms with Crippen molar-refractivity contribution in [1.82, 2.24) is 5.32 Å². The van der Waals surface area contributed by atoms with Crippen molar-refractivity contribution in [3.8, 4) is 11.5 Å². The van der Waals surface area contributed by atoms with E-state index in [0.29, 0.717) is 24.7 Å². The third-order valence-electron chi connectivity index (χ3n) is 3.02. The van der Waals surface area contributed by atoms with Crippen LogP contribution in [0.15, 0.2) is 18.2 Å². The second-order valence-corrected chi connectivity index (χ2v) is 4.48. The first-order valence-electron chi connectivity index (χ1n) is 6.54. The summed E-state index contributed by atoms with van der Waals surface area (Å²) in [6.45, 7) is 1.01. The quantitative estimate of drug-likeness (QED) is 0.801. The van der Waals surface area contributed by atoms with Gasteiger partial charge in [0.2, 0.25) is 0 Å². The SMILES string of the molecule is COCCC(NC(=O)c1cccc2c1OCCO2)C(=O)O. The topological polar surface area (TPSA) is 94.1 Å². The number of rotatable bonds is 6. The van der Waals surface area contributed by atoms with E-state index < -0.39 is 17.9 Å². The Bertz CT molecular complexity index is 530. The summed E-state index contributed by atoms with van der Waals surface area (Å²) in [5, 5.41) is 11.6. The largest absolute Gasteiger partial charge is 0.486 e. The second-order valence-electron chi connectivity index (χ2n) is 4.48. The van der Waals surface area contributed by atoms with E-state index in [0.717, 1.165) is 0 Å². The average Bonchev–Trinajstić information content (AvgIpc) is 2.50. The van der Waals surface area contributed by atoms with Crippen molar-refractivity contribution in [2.45, 2.75) is 12.5 Å². The highest BCUT2D eigenvalue weighted by atomic mass is 16.6. The Labute approximate surface area is 121 Å². The first-order valence-corrected chi connectivity index (χ1v) is 6.54. The molecule has 0 aliphatic carbocycles. The summed E-state index contributed by atoms with van der Waals surface area (Å²) in [6.07, 6.45) is 0.184. The van der Waals surface area contributed by atoms with Gasteiger partial charge in [-0.15, -0.1) is 0 Å². The number of benzene rings is 1. The van der Waals surface area contributed by atoms with Crippen LogP contribution >= 0.6 is 0 Å². The van der Waals surface area contributed by atoms with E-state index in [1.54, 1.807) is 18.2 Å². The normalized spacial score (nSPS) is 14.3. The number of carboxylic acid groups (broad SMARTS) is 1. The third kappa shape index (κ3) is 3.63. The zero-order chi connectivity index (χ0) is 15.2. The van der Waals surface area contributed by atoms with Gasteiger partial charge in [-0.1, -0.05) is 6.07 Å². The summed E-state index contributed by atoms with van der Waals surface area (Å²) in [7, 11) is 1.47. The van der Waals surface area contributed by atoms with Gasteiger partial charge in [0.05, 0.1) is 5.56 Å². The zero-order valence-electron chi connectivity index (χ0n) is 11.6. The average molecular weight is 295 g/mol. The van der Waals surface area contributed by atoms with Crippen LogP contribution in [0.5, 0.6) is 11.5 Å². The molecular formula is C14H17NO6. The van der Waals surface area contributed by atoms with Crippen LogP contribution in [-0.2, 0) is 9.53 Å². The van der Waals surface area contributed by atoms with Gasteiger partial charge in [0, 0.05) is 20.1 Å². The van der Waals surface area contributed by atoms with Crippen LogP contribution in [0.4, 0.5) is 0 Å². The van der Waals surface area contributed by atoms with Crippen LogP contribution < -0.4 is 14.8 Å². The number of hydrogen-bond acceptors (Lipinski definition) is 5. The molecule has 0 bridgehead atoms. The number of hydrogen-bond donors (Lipinski definition) is 2. The summed E-state index contributed by atoms with van der Waals surface area (Å²) >= 11 is 0. The standard InChI is InChI=1S/C14H17NO6/c1-19-6-5-10(14(17)18)15-13(16)9-3-2-4-11-12(9)21-8-7-20-11/h2-4,10H,5-8H2,1H3,(H,15,16)(H,17,18). The summed E-state index contributed by atoms with van der Waals surface area (Å²) in [4.78, 5) is 23.4. The van der Waals surface area contributed by atoms with Gasteiger partial charge < -0.3 is 24.6 Å². The highest BCUT2D eigenvalue weighted by molar-refractivity contribution is 5.99. The molecule has 1 heterocycles. The van der Waals surface area contributed by atoms with Crippen molar-refractivity contribution in [1.29, 1.82) is 0 Å². The molecule has 0 spiro atoms. The molecule has 0 radical (unpaired) electrons. The number of carbonyl (C=O) groups is 2. The molecule has 0 saturated carbocycles. The summed E-state index contributed by atoms with van der Waals surface area (Å²) < 4.78 is 15.7. The Hall–Kier alpha value is -2.28. The predicted molar refractivity (Wildman–Crippen MR) is 72.8 cm³/mol. The van der Waals surface area contributed by atoms with Gasteiger partial charge in [-0.3, -0.25) is 4.79 Å². The van der Waals surface area contributed by atoms with Crippen LogP contribution in [0.1, 0.15) is 16.8 Å². The second kappa shape index (κ2) is 6.94. The molecule has 0 aromatic heterocycles. The van der Waals surface area contributed by atoms with Crippen molar-refractivity contribution >= 4 is 11.9 Å². The van der Waals surface area contributed by atoms with Crippen molar-refractivity contribution in [3.05, 3.63) is 23.8 Å². The molecule has 2 rings (SSSR count). The number of para-hydroxylation sites is 1. The van der Waals surface area contributed by atoms with Crippen LogP contribution in [0.2, 0.25) is 0 Å². The highest BCUT2D eigenvalue weighted by Gasteiger charge is 2.25. The van der Waals surface area contributed by atoms with Gasteiger partial charge >= 0.3 is 5.97 Å². The zero-order valence-corrected chi connectivity index (χ0v) is 11.6. The first-order chi connectivity index (χ1) is 10.1. The minimum absolute atomic E-state index is 0.184. The van der Waals surface area contributed by atoms with Crippen LogP contribution in [-0.4, -0.2) is 50.0 Å². The molecule has 114 valence electrons. The van der Waals surface area contributed by atoms with Crippen molar-refractivity contribution in [3.63, 3.8) is 0 Å². The maximum Gasteiger partial charge on any atom is 0.326 e. The van der Waals surface area contributed by atoms with E-state index in [1.165, 1.54) is 7.11 Å². The molecule has 0 fully saturated rings. The van der Waals surface area contributed by atoms with Gasteiger partial charge in [-0.25, -0.2) is 4.79 Å². The fraction of sp³-hybridized carbons (Fsp3) is 0.429. The molecule has 0 saturated heterocycles. The number of aliphatic carboxylic acids is 1. The number of carboxylic acids is 1. The van der Waals surface area contributed by atoms with Crippen molar-refractivity contribution in [2.24, 2.45) is 0 Å². The van der Waals surface area contributed by atoms with E-state index in [1.807, 2.05) is 0 Å². The number of fused-ring (bicyclic) bond motifs is 1. The molecule has 1 aliphatic rings. The molecule has 1 aliphatic heterocycles. The first kappa shape index (κ1) is 15.1. The Kier molecular flexibility index (Phi) is 4.99. The van der Waals surface area contributed by atoms with E-state index >= 15 is 0 Å². The molecule has 2 N–H and O–H groups in total. The van der Waals surface area contributed by atoms with Crippen LogP contribution in [0, 0.1) is 0 Å². The summed E-state index contributed by atoms with van der Waals surface area (Å²) in [5.41, 5.74) is 0.260. The summed E-state index contributed by atoms with van der Waals surface area (Å²) in [6, 6.07) is 3.91. The lowest BCUT2D eigenvalue weighted by molar-refractivity contribution is -0.139. The maximum absolute atomic E-state index is 12.2. The molecule has 7 nitrogen and oxygen atoms in total. The molecule has 1 amide bonds. The molecule has 7 heteroatoms. The Morgan fingerprint density at radius 2 is 2.14 bits per heavy atom. The third-order valence-corrected chi connectivity index (χ3v) is 3.02. The van der Waals surface area contributed by atoms with Gasteiger partial charge in [-0.2, -0.15) is 0 Å². The Morgan fingerprint density at radius 3 is 2.86 bits per heavy atom. The monoisotopic (exact) mass is 295 g/mol. The molecule has 21 heavy (non-hydrogen) atoms. The molecule has 1 aromatic rings. The van der Waals surface area contributed by atoms with E-state index in [4.69, 9.17) is 19.3 Å². The van der Waals surface area contributed by atoms with Gasteiger partial charge in [-0.05, 0) is 12.1 Å². The number of methoxy groups -OCH3 is 1. The Balaban J connectivity index is 2.14. The van der Waals surface area contributed by atoms with E-state index in [-0.39, 0.29) is 18.6 Å². The fourth-order valence-corrected chi connectivity index (χ4v) is 1.98. The smallest absolute Gasteiger partial charge is 0.326 e. The van der Waals surface area contributed by atoms with Gasteiger partial charge in [0.1, 0.15) is 19.3 Å². The lowest BCUT2D eigenvalue weighted by atomic mass is 10.1. The summed E-state index contributed by atoms with van der Waals surface area (Å²) in [5.74, 6) is -0.794. The lowest BCUT2D eigenvalue weighted by Gasteiger charge is -2.21. The van der Waals surface area contributed by atoms with Crippen LogP contribution in [0.3, 0.4) is 0 Å². The highest BCUT2D eigenvalue weighted by Crippen LogP contribution is 2.33. The molecule has 1 aromatic carbocycles. The minimum Gasteiger partial charge on any atom is -0.486 e. The number of carbonyl (C=O) groups excluding carboxylic acids is 1.